The Balaban J connectivity index is 0.00000242. The third-order valence-electron chi connectivity index (χ3n) is 3.72. The largest absolute Gasteiger partial charge is 0.329 e. The molecule has 10 heteroatoms. The standard InChI is InChI=1S/C12H16FN3O4S.ClH/c13-9-4-3-5-10(11(9)16(17)18)21(19,20)15-12(8-14)6-1-2-7-12;/h3-5,15H,1-2,6-8,14H2;1H. The minimum absolute atomic E-state index is 0. The third kappa shape index (κ3) is 3.54. The molecule has 0 radical (unpaired) electrons. The number of halogens is 2. The third-order valence-corrected chi connectivity index (χ3v) is 5.33. The van der Waals surface area contributed by atoms with Crippen molar-refractivity contribution in [3.63, 3.8) is 0 Å². The second kappa shape index (κ2) is 6.86. The van der Waals surface area contributed by atoms with Crippen molar-refractivity contribution in [3.8, 4) is 0 Å². The molecule has 2 rings (SSSR count). The van der Waals surface area contributed by atoms with E-state index < -0.39 is 36.9 Å². The van der Waals surface area contributed by atoms with Gasteiger partial charge in [-0.15, -0.1) is 12.4 Å². The Bertz CT molecular complexity index is 662. The summed E-state index contributed by atoms with van der Waals surface area (Å²) in [5.74, 6) is -1.18. The van der Waals surface area contributed by atoms with Gasteiger partial charge in [-0.25, -0.2) is 13.1 Å². The number of nitro benzene ring substituents is 1. The monoisotopic (exact) mass is 353 g/mol. The van der Waals surface area contributed by atoms with Crippen LogP contribution in [0.15, 0.2) is 23.1 Å². The molecule has 0 atom stereocenters. The van der Waals surface area contributed by atoms with Gasteiger partial charge in [-0.3, -0.25) is 10.1 Å². The molecule has 0 heterocycles. The first-order valence-electron chi connectivity index (χ1n) is 6.48. The van der Waals surface area contributed by atoms with Crippen LogP contribution in [0, 0.1) is 15.9 Å². The van der Waals surface area contributed by atoms with Gasteiger partial charge in [0, 0.05) is 12.1 Å². The Morgan fingerprint density at radius 3 is 2.45 bits per heavy atom. The molecule has 0 saturated heterocycles. The van der Waals surface area contributed by atoms with Crippen LogP contribution in [0.3, 0.4) is 0 Å². The SMILES string of the molecule is Cl.NCC1(NS(=O)(=O)c2cccc(F)c2[N+](=O)[O-])CCCC1. The second-order valence-electron chi connectivity index (χ2n) is 5.14. The predicted octanol–water partition coefficient (Wildman–Crippen LogP) is 1.71. The molecule has 124 valence electrons. The van der Waals surface area contributed by atoms with Crippen molar-refractivity contribution in [1.29, 1.82) is 0 Å². The Morgan fingerprint density at radius 1 is 1.36 bits per heavy atom. The summed E-state index contributed by atoms with van der Waals surface area (Å²) in [5.41, 5.74) is 3.79. The summed E-state index contributed by atoms with van der Waals surface area (Å²) in [6, 6.07) is 2.99. The van der Waals surface area contributed by atoms with Crippen molar-refractivity contribution in [1.82, 2.24) is 4.72 Å². The summed E-state index contributed by atoms with van der Waals surface area (Å²) in [4.78, 5) is 9.22. The van der Waals surface area contributed by atoms with Gasteiger partial charge in [-0.05, 0) is 25.0 Å². The zero-order valence-corrected chi connectivity index (χ0v) is 13.3. The molecule has 0 aliphatic heterocycles. The summed E-state index contributed by atoms with van der Waals surface area (Å²) in [6.07, 6.45) is 2.77. The van der Waals surface area contributed by atoms with Gasteiger partial charge in [0.05, 0.1) is 4.92 Å². The van der Waals surface area contributed by atoms with E-state index in [0.29, 0.717) is 12.8 Å². The lowest BCUT2D eigenvalue weighted by atomic mass is 10.0. The van der Waals surface area contributed by atoms with E-state index in [1.807, 2.05) is 0 Å². The summed E-state index contributed by atoms with van der Waals surface area (Å²) in [5, 5.41) is 10.9. The predicted molar refractivity (Wildman–Crippen MR) is 80.9 cm³/mol. The van der Waals surface area contributed by atoms with Gasteiger partial charge in [-0.1, -0.05) is 18.9 Å². The first-order chi connectivity index (χ1) is 9.81. The normalized spacial score (nSPS) is 17.0. The van der Waals surface area contributed by atoms with Gasteiger partial charge in [0.15, 0.2) is 4.90 Å². The summed E-state index contributed by atoms with van der Waals surface area (Å²) in [6.45, 7) is 0.0926. The van der Waals surface area contributed by atoms with E-state index in [2.05, 4.69) is 4.72 Å². The fraction of sp³-hybridized carbons (Fsp3) is 0.500. The Morgan fingerprint density at radius 2 is 1.95 bits per heavy atom. The highest BCUT2D eigenvalue weighted by Crippen LogP contribution is 2.32. The number of nitrogens with zero attached hydrogens (tertiary/aromatic N) is 1. The van der Waals surface area contributed by atoms with Crippen LogP contribution in [-0.2, 0) is 10.0 Å². The maximum atomic E-state index is 13.6. The fourth-order valence-electron chi connectivity index (χ4n) is 2.63. The lowest BCUT2D eigenvalue weighted by Gasteiger charge is -2.28. The van der Waals surface area contributed by atoms with Gasteiger partial charge in [-0.2, -0.15) is 4.39 Å². The van der Waals surface area contributed by atoms with Gasteiger partial charge < -0.3 is 5.73 Å². The van der Waals surface area contributed by atoms with E-state index in [9.17, 15) is 22.9 Å². The van der Waals surface area contributed by atoms with Crippen molar-refractivity contribution >= 4 is 28.1 Å². The number of rotatable bonds is 5. The first-order valence-corrected chi connectivity index (χ1v) is 7.97. The molecular formula is C12H17ClFN3O4S. The number of hydrogen-bond acceptors (Lipinski definition) is 5. The van der Waals surface area contributed by atoms with Crippen LogP contribution in [0.25, 0.3) is 0 Å². The quantitative estimate of drug-likeness (QED) is 0.617. The van der Waals surface area contributed by atoms with E-state index in [-0.39, 0.29) is 19.0 Å². The van der Waals surface area contributed by atoms with E-state index in [0.717, 1.165) is 31.0 Å². The molecule has 1 aromatic rings. The molecule has 0 unspecified atom stereocenters. The number of nitro groups is 1. The number of sulfonamides is 1. The van der Waals surface area contributed by atoms with E-state index in [1.165, 1.54) is 0 Å². The van der Waals surface area contributed by atoms with Gasteiger partial charge in [0.1, 0.15) is 0 Å². The maximum absolute atomic E-state index is 13.6. The van der Waals surface area contributed by atoms with Crippen LogP contribution in [0.5, 0.6) is 0 Å². The Hall–Kier alpha value is -1.29. The van der Waals surface area contributed by atoms with Gasteiger partial charge in [0.25, 0.3) is 0 Å². The van der Waals surface area contributed by atoms with Gasteiger partial charge >= 0.3 is 5.69 Å². The van der Waals surface area contributed by atoms with Crippen LogP contribution in [0.4, 0.5) is 10.1 Å². The molecule has 22 heavy (non-hydrogen) atoms. The molecule has 0 bridgehead atoms. The lowest BCUT2D eigenvalue weighted by Crippen LogP contribution is -2.51. The topological polar surface area (TPSA) is 115 Å². The minimum Gasteiger partial charge on any atom is -0.329 e. The van der Waals surface area contributed by atoms with Crippen LogP contribution < -0.4 is 10.5 Å². The highest BCUT2D eigenvalue weighted by molar-refractivity contribution is 7.89. The average Bonchev–Trinajstić information content (AvgIpc) is 2.86. The molecule has 1 fully saturated rings. The molecular weight excluding hydrogens is 337 g/mol. The maximum Gasteiger partial charge on any atom is 0.324 e. The molecule has 1 saturated carbocycles. The molecule has 0 aromatic heterocycles. The van der Waals surface area contributed by atoms with Crippen LogP contribution in [0.2, 0.25) is 0 Å². The van der Waals surface area contributed by atoms with Crippen LogP contribution >= 0.6 is 12.4 Å². The molecule has 0 spiro atoms. The zero-order valence-electron chi connectivity index (χ0n) is 11.6. The molecule has 1 aliphatic carbocycles. The number of nitrogens with two attached hydrogens (primary N) is 1. The second-order valence-corrected chi connectivity index (χ2v) is 6.79. The fourth-order valence-corrected chi connectivity index (χ4v) is 4.28. The van der Waals surface area contributed by atoms with Crippen LogP contribution in [-0.4, -0.2) is 25.4 Å². The van der Waals surface area contributed by atoms with Crippen molar-refractivity contribution < 1.29 is 17.7 Å². The smallest absolute Gasteiger partial charge is 0.324 e. The molecule has 7 nitrogen and oxygen atoms in total. The summed E-state index contributed by atoms with van der Waals surface area (Å²) < 4.78 is 40.8. The molecule has 1 aliphatic rings. The minimum atomic E-state index is -4.22. The highest BCUT2D eigenvalue weighted by atomic mass is 35.5. The summed E-state index contributed by atoms with van der Waals surface area (Å²) >= 11 is 0. The van der Waals surface area contributed by atoms with Crippen molar-refractivity contribution in [2.45, 2.75) is 36.1 Å². The first kappa shape index (κ1) is 18.8. The lowest BCUT2D eigenvalue weighted by molar-refractivity contribution is -0.390. The number of para-hydroxylation sites is 1. The molecule has 0 amide bonds. The van der Waals surface area contributed by atoms with E-state index >= 15 is 0 Å². The van der Waals surface area contributed by atoms with E-state index in [1.54, 1.807) is 0 Å². The average molecular weight is 354 g/mol. The summed E-state index contributed by atoms with van der Waals surface area (Å²) in [7, 11) is -4.22. The Labute approximate surface area is 133 Å². The highest BCUT2D eigenvalue weighted by Gasteiger charge is 2.39. The van der Waals surface area contributed by atoms with E-state index in [4.69, 9.17) is 5.73 Å². The van der Waals surface area contributed by atoms with Crippen molar-refractivity contribution in [2.24, 2.45) is 5.73 Å². The van der Waals surface area contributed by atoms with Crippen LogP contribution in [0.1, 0.15) is 25.7 Å². The van der Waals surface area contributed by atoms with Crippen molar-refractivity contribution in [2.75, 3.05) is 6.54 Å². The number of benzene rings is 1. The number of nitrogens with one attached hydrogen (secondary N) is 1. The molecule has 3 N–H and O–H groups in total. The Kier molecular flexibility index (Phi) is 5.85. The number of hydrogen-bond donors (Lipinski definition) is 2. The zero-order chi connectivity index (χ0) is 15.7. The molecule has 1 aromatic carbocycles. The van der Waals surface area contributed by atoms with Crippen molar-refractivity contribution in [3.05, 3.63) is 34.1 Å². The van der Waals surface area contributed by atoms with Gasteiger partial charge in [0.2, 0.25) is 15.8 Å².